The van der Waals surface area contributed by atoms with Crippen LogP contribution in [-0.4, -0.2) is 86.3 Å². The van der Waals surface area contributed by atoms with Gasteiger partial charge in [0.1, 0.15) is 11.1 Å². The number of halogens is 2. The zero-order valence-corrected chi connectivity index (χ0v) is 22.4. The van der Waals surface area contributed by atoms with Crippen molar-refractivity contribution >= 4 is 34.7 Å². The Bertz CT molecular complexity index is 1570. The monoisotopic (exact) mass is 569 g/mol. The maximum atomic E-state index is 15.6. The number of rotatable bonds is 5. The molecule has 2 fully saturated rings. The molecule has 1 unspecified atom stereocenters. The summed E-state index contributed by atoms with van der Waals surface area (Å²) in [6.07, 6.45) is 2.98. The van der Waals surface area contributed by atoms with Gasteiger partial charge in [-0.1, -0.05) is 5.21 Å². The van der Waals surface area contributed by atoms with Crippen molar-refractivity contribution in [1.29, 1.82) is 0 Å². The minimum Gasteiger partial charge on any atom is -0.465 e. The van der Waals surface area contributed by atoms with Crippen LogP contribution in [0.4, 0.5) is 25.2 Å². The topological polar surface area (TPSA) is 154 Å². The van der Waals surface area contributed by atoms with Gasteiger partial charge in [-0.15, -0.1) is 5.10 Å². The Labute approximate surface area is 233 Å². The Hall–Kier alpha value is -3.98. The minimum absolute atomic E-state index is 0.0476. The molecule has 7 rings (SSSR count). The molecule has 216 valence electrons. The van der Waals surface area contributed by atoms with E-state index in [2.05, 4.69) is 30.5 Å². The first-order valence-corrected chi connectivity index (χ1v) is 13.7. The Morgan fingerprint density at radius 3 is 2.71 bits per heavy atom. The number of nitrogens with one attached hydrogen (secondary N) is 1. The molecular formula is C26H29F2N9O4. The Balaban J connectivity index is 1.00. The number of fused-ring (bicyclic) bond motifs is 3. The van der Waals surface area contributed by atoms with Gasteiger partial charge in [0, 0.05) is 38.5 Å². The Morgan fingerprint density at radius 1 is 1.20 bits per heavy atom. The number of carbonyl (C=O) groups is 2. The second-order valence-electron chi connectivity index (χ2n) is 11.5. The zero-order valence-electron chi connectivity index (χ0n) is 22.4. The van der Waals surface area contributed by atoms with Crippen molar-refractivity contribution in [3.63, 3.8) is 0 Å². The van der Waals surface area contributed by atoms with E-state index in [9.17, 15) is 9.59 Å². The molecule has 15 heteroatoms. The van der Waals surface area contributed by atoms with Crippen LogP contribution in [0.15, 0.2) is 6.20 Å². The van der Waals surface area contributed by atoms with Gasteiger partial charge in [0.05, 0.1) is 19.3 Å². The molecule has 2 amide bonds. The molecular weight excluding hydrogens is 540 g/mol. The van der Waals surface area contributed by atoms with Crippen molar-refractivity contribution in [1.82, 2.24) is 29.9 Å². The number of ether oxygens (including phenoxy) is 2. The average molecular weight is 570 g/mol. The number of nitrogens with zero attached hydrogens (tertiary/aromatic N) is 7. The summed E-state index contributed by atoms with van der Waals surface area (Å²) < 4.78 is 43.4. The van der Waals surface area contributed by atoms with Crippen molar-refractivity contribution < 1.29 is 27.8 Å². The zero-order chi connectivity index (χ0) is 28.5. The minimum atomic E-state index is -0.669. The van der Waals surface area contributed by atoms with Crippen molar-refractivity contribution in [3.05, 3.63) is 29.0 Å². The van der Waals surface area contributed by atoms with Crippen molar-refractivity contribution in [2.45, 2.75) is 50.8 Å². The standard InChI is InChI=1S/C26H29F2N9O4/c1-13(29)9-37-22-20(28)16-7-14(6-15(16)19(27)21(22)33-34-37)10-35-4-2-26(3-5-35)12-36(25(39)41-26)17-8-30-24-23(31-17)32-18(38)11-40-24/h8,13-14H,2-7,9-12,29H2,1H3,(H,31,32,38)/t13-,14?/m0/s1. The number of benzene rings is 1. The summed E-state index contributed by atoms with van der Waals surface area (Å²) in [6, 6.07) is -0.278. The van der Waals surface area contributed by atoms with E-state index in [1.54, 1.807) is 6.92 Å². The fourth-order valence-corrected chi connectivity index (χ4v) is 6.39. The molecule has 1 aliphatic carbocycles. The molecule has 41 heavy (non-hydrogen) atoms. The molecule has 2 aromatic heterocycles. The first-order valence-electron chi connectivity index (χ1n) is 13.7. The lowest BCUT2D eigenvalue weighted by molar-refractivity contribution is -0.118. The maximum Gasteiger partial charge on any atom is 0.416 e. The number of nitrogens with two attached hydrogens (primary N) is 1. The second-order valence-corrected chi connectivity index (χ2v) is 11.5. The molecule has 3 aromatic rings. The molecule has 0 bridgehead atoms. The highest BCUT2D eigenvalue weighted by molar-refractivity contribution is 5.94. The highest BCUT2D eigenvalue weighted by Crippen LogP contribution is 2.39. The van der Waals surface area contributed by atoms with E-state index in [0.717, 1.165) is 0 Å². The van der Waals surface area contributed by atoms with Crippen LogP contribution in [0.1, 0.15) is 30.9 Å². The molecule has 3 N–H and O–H groups in total. The third-order valence-corrected chi connectivity index (χ3v) is 8.35. The van der Waals surface area contributed by atoms with Gasteiger partial charge in [0.15, 0.2) is 35.4 Å². The fourth-order valence-electron chi connectivity index (χ4n) is 6.39. The summed E-state index contributed by atoms with van der Waals surface area (Å²) in [5.41, 5.74) is 5.99. The van der Waals surface area contributed by atoms with Crippen LogP contribution in [0.5, 0.6) is 5.88 Å². The van der Waals surface area contributed by atoms with E-state index in [0.29, 0.717) is 63.0 Å². The van der Waals surface area contributed by atoms with Crippen LogP contribution in [0.3, 0.4) is 0 Å². The number of anilines is 2. The lowest BCUT2D eigenvalue weighted by Crippen LogP contribution is -2.48. The van der Waals surface area contributed by atoms with Crippen LogP contribution in [0, 0.1) is 17.6 Å². The third kappa shape index (κ3) is 4.43. The largest absolute Gasteiger partial charge is 0.465 e. The van der Waals surface area contributed by atoms with E-state index >= 15 is 8.78 Å². The maximum absolute atomic E-state index is 15.6. The second kappa shape index (κ2) is 9.55. The smallest absolute Gasteiger partial charge is 0.416 e. The molecule has 1 aromatic carbocycles. The number of hydrogen-bond donors (Lipinski definition) is 2. The number of piperidine rings is 1. The Kier molecular flexibility index (Phi) is 6.04. The summed E-state index contributed by atoms with van der Waals surface area (Å²) in [5.74, 6) is -0.603. The van der Waals surface area contributed by atoms with Gasteiger partial charge < -0.3 is 25.4 Å². The van der Waals surface area contributed by atoms with Crippen LogP contribution in [0.25, 0.3) is 11.0 Å². The van der Waals surface area contributed by atoms with Gasteiger partial charge in [-0.2, -0.15) is 0 Å². The van der Waals surface area contributed by atoms with Crippen molar-refractivity contribution in [2.24, 2.45) is 11.7 Å². The molecule has 1 spiro atoms. The van der Waals surface area contributed by atoms with Crippen molar-refractivity contribution in [3.8, 4) is 5.88 Å². The van der Waals surface area contributed by atoms with Crippen molar-refractivity contribution in [2.75, 3.05) is 43.0 Å². The number of carbonyl (C=O) groups excluding carboxylic acids is 2. The van der Waals surface area contributed by atoms with Crippen LogP contribution < -0.4 is 20.7 Å². The van der Waals surface area contributed by atoms with Crippen LogP contribution >= 0.6 is 0 Å². The van der Waals surface area contributed by atoms with Gasteiger partial charge in [-0.05, 0) is 36.8 Å². The van der Waals surface area contributed by atoms with E-state index in [4.69, 9.17) is 15.2 Å². The Morgan fingerprint density at radius 2 is 1.95 bits per heavy atom. The molecule has 3 aliphatic heterocycles. The average Bonchev–Trinajstić information content (AvgIpc) is 3.64. The van der Waals surface area contributed by atoms with E-state index in [-0.39, 0.29) is 59.6 Å². The number of likely N-dealkylation sites (tertiary alicyclic amines) is 1. The molecule has 2 saturated heterocycles. The summed E-state index contributed by atoms with van der Waals surface area (Å²) in [5, 5.41) is 10.4. The van der Waals surface area contributed by atoms with Gasteiger partial charge in [-0.3, -0.25) is 9.69 Å². The predicted octanol–water partition coefficient (Wildman–Crippen LogP) is 1.38. The first kappa shape index (κ1) is 26.0. The molecule has 5 heterocycles. The molecule has 13 nitrogen and oxygen atoms in total. The highest BCUT2D eigenvalue weighted by Gasteiger charge is 2.48. The summed E-state index contributed by atoms with van der Waals surface area (Å²) in [7, 11) is 0. The van der Waals surface area contributed by atoms with E-state index in [1.165, 1.54) is 15.8 Å². The highest BCUT2D eigenvalue weighted by atomic mass is 19.1. The normalized spacial score (nSPS) is 22.4. The quantitative estimate of drug-likeness (QED) is 0.461. The summed E-state index contributed by atoms with van der Waals surface area (Å²) in [4.78, 5) is 36.7. The molecule has 0 saturated carbocycles. The number of aromatic nitrogens is 5. The molecule has 0 radical (unpaired) electrons. The van der Waals surface area contributed by atoms with Gasteiger partial charge in [0.25, 0.3) is 11.8 Å². The van der Waals surface area contributed by atoms with Crippen LogP contribution in [-0.2, 0) is 28.9 Å². The summed E-state index contributed by atoms with van der Waals surface area (Å²) in [6.45, 7) is 4.21. The number of amides is 2. The SMILES string of the molecule is C[C@H](N)Cn1nnc2c(F)c3c(c(F)c21)CC(CN1CCC2(CC1)CN(c1cnc4c(n1)NC(=O)CO4)C(=O)O2)C3. The van der Waals surface area contributed by atoms with Gasteiger partial charge >= 0.3 is 6.09 Å². The third-order valence-electron chi connectivity index (χ3n) is 8.35. The molecule has 2 atom stereocenters. The van der Waals surface area contributed by atoms with Gasteiger partial charge in [-0.25, -0.2) is 28.2 Å². The lowest BCUT2D eigenvalue weighted by atomic mass is 9.90. The lowest BCUT2D eigenvalue weighted by Gasteiger charge is -2.38. The van der Waals surface area contributed by atoms with Gasteiger partial charge in [0.2, 0.25) is 0 Å². The number of hydrogen-bond acceptors (Lipinski definition) is 10. The summed E-state index contributed by atoms with van der Waals surface area (Å²) >= 11 is 0. The first-order chi connectivity index (χ1) is 19.7. The van der Waals surface area contributed by atoms with E-state index in [1.807, 2.05) is 0 Å². The van der Waals surface area contributed by atoms with E-state index < -0.39 is 23.3 Å². The van der Waals surface area contributed by atoms with Crippen LogP contribution in [0.2, 0.25) is 0 Å². The molecule has 4 aliphatic rings. The fraction of sp³-hybridized carbons (Fsp3) is 0.538. The predicted molar refractivity (Wildman–Crippen MR) is 140 cm³/mol.